The van der Waals surface area contributed by atoms with E-state index >= 15 is 0 Å². The third kappa shape index (κ3) is 7.17. The van der Waals surface area contributed by atoms with Crippen LogP contribution in [0.2, 0.25) is 0 Å². The zero-order valence-electron chi connectivity index (χ0n) is 11.6. The summed E-state index contributed by atoms with van der Waals surface area (Å²) in [6.07, 6.45) is 2.02. The summed E-state index contributed by atoms with van der Waals surface area (Å²) in [5.41, 5.74) is 0. The van der Waals surface area contributed by atoms with Crippen molar-refractivity contribution < 1.29 is 26.9 Å². The van der Waals surface area contributed by atoms with E-state index in [4.69, 9.17) is 0 Å². The summed E-state index contributed by atoms with van der Waals surface area (Å²) in [6, 6.07) is -0.867. The van der Waals surface area contributed by atoms with Crippen molar-refractivity contribution in [1.29, 1.82) is 0 Å². The molecule has 8 heteroatoms. The Hall–Kier alpha value is -1.51. The molecular formula is C12H19NO6S. The van der Waals surface area contributed by atoms with Gasteiger partial charge in [0.1, 0.15) is 13.2 Å². The van der Waals surface area contributed by atoms with Gasteiger partial charge >= 0.3 is 5.97 Å². The number of carbonyl (C=O) groups excluding carboxylic acids is 2. The van der Waals surface area contributed by atoms with Crippen LogP contribution in [0.15, 0.2) is 25.3 Å². The molecule has 0 aliphatic rings. The molecule has 0 spiro atoms. The van der Waals surface area contributed by atoms with E-state index < -0.39 is 33.7 Å². The molecule has 7 nitrogen and oxygen atoms in total. The minimum absolute atomic E-state index is 0.216. The highest BCUT2D eigenvalue weighted by molar-refractivity contribution is 7.86. The Labute approximate surface area is 119 Å². The van der Waals surface area contributed by atoms with Crippen LogP contribution in [0.25, 0.3) is 0 Å². The lowest BCUT2D eigenvalue weighted by molar-refractivity contribution is -0.138. The molecule has 0 amide bonds. The summed E-state index contributed by atoms with van der Waals surface area (Å²) in [5, 5.41) is 0. The third-order valence-electron chi connectivity index (χ3n) is 2.27. The Kier molecular flexibility index (Phi) is 7.97. The van der Waals surface area contributed by atoms with E-state index in [2.05, 4.69) is 22.1 Å². The lowest BCUT2D eigenvalue weighted by Gasteiger charge is -2.21. The summed E-state index contributed by atoms with van der Waals surface area (Å²) < 4.78 is 32.6. The lowest BCUT2D eigenvalue weighted by atomic mass is 10.2. The topological polar surface area (TPSA) is 90.0 Å². The normalized spacial score (nSPS) is 12.8. The van der Waals surface area contributed by atoms with Crippen LogP contribution in [-0.4, -0.2) is 64.2 Å². The highest BCUT2D eigenvalue weighted by Gasteiger charge is 2.26. The van der Waals surface area contributed by atoms with Gasteiger partial charge in [0.25, 0.3) is 10.1 Å². The minimum atomic E-state index is -3.91. The molecule has 0 saturated carbocycles. The van der Waals surface area contributed by atoms with Gasteiger partial charge in [-0.1, -0.05) is 13.2 Å². The highest BCUT2D eigenvalue weighted by Crippen LogP contribution is 2.04. The number of ketones is 1. The molecule has 0 aromatic rings. The van der Waals surface area contributed by atoms with Crippen molar-refractivity contribution in [3.63, 3.8) is 0 Å². The first-order chi connectivity index (χ1) is 9.23. The average molecular weight is 305 g/mol. The molecule has 0 aromatic carbocycles. The zero-order chi connectivity index (χ0) is 15.8. The zero-order valence-corrected chi connectivity index (χ0v) is 12.4. The summed E-state index contributed by atoms with van der Waals surface area (Å²) in [4.78, 5) is 23.7. The molecule has 1 unspecified atom stereocenters. The van der Waals surface area contributed by atoms with Gasteiger partial charge in [-0.15, -0.1) is 0 Å². The fraction of sp³-hybridized carbons (Fsp3) is 0.500. The molecule has 0 aliphatic heterocycles. The molecule has 0 radical (unpaired) electrons. The molecule has 0 aromatic heterocycles. The number of carbonyl (C=O) groups is 2. The van der Waals surface area contributed by atoms with Crippen molar-refractivity contribution in [1.82, 2.24) is 4.90 Å². The number of esters is 1. The Morgan fingerprint density at radius 3 is 2.25 bits per heavy atom. The fourth-order valence-corrected chi connectivity index (χ4v) is 2.49. The maximum Gasteiger partial charge on any atom is 0.330 e. The van der Waals surface area contributed by atoms with Gasteiger partial charge in [-0.05, 0) is 20.2 Å². The van der Waals surface area contributed by atoms with Crippen molar-refractivity contribution in [2.45, 2.75) is 6.04 Å². The van der Waals surface area contributed by atoms with Gasteiger partial charge in [0, 0.05) is 6.08 Å². The first kappa shape index (κ1) is 18.5. The van der Waals surface area contributed by atoms with Crippen LogP contribution in [0, 0.1) is 0 Å². The van der Waals surface area contributed by atoms with E-state index in [1.807, 2.05) is 0 Å². The predicted molar refractivity (Wildman–Crippen MR) is 73.6 cm³/mol. The van der Waals surface area contributed by atoms with Gasteiger partial charge in [0.15, 0.2) is 5.78 Å². The molecule has 1 atom stereocenters. The lowest BCUT2D eigenvalue weighted by Crippen LogP contribution is -2.41. The Balaban J connectivity index is 4.42. The number of rotatable bonds is 10. The molecule has 0 saturated heterocycles. The predicted octanol–water partition coefficient (Wildman–Crippen LogP) is -0.253. The highest BCUT2D eigenvalue weighted by atomic mass is 32.2. The van der Waals surface area contributed by atoms with Gasteiger partial charge in [-0.3, -0.25) is 13.9 Å². The standard InChI is InChI=1S/C12H19NO6S/c1-5-11(14)10(13(3)4)9-20(16,17)19-8-7-18-12(15)6-2/h5-6,10H,1-2,7-9H2,3-4H3. The Bertz CT molecular complexity index is 468. The maximum absolute atomic E-state index is 11.7. The van der Waals surface area contributed by atoms with Gasteiger partial charge < -0.3 is 4.74 Å². The number of nitrogens with zero attached hydrogens (tertiary/aromatic N) is 1. The Morgan fingerprint density at radius 1 is 1.20 bits per heavy atom. The van der Waals surface area contributed by atoms with E-state index in [9.17, 15) is 18.0 Å². The molecule has 0 N–H and O–H groups in total. The summed E-state index contributed by atoms with van der Waals surface area (Å²) in [5.74, 6) is -1.58. The second-order valence-corrected chi connectivity index (χ2v) is 5.69. The van der Waals surface area contributed by atoms with Gasteiger partial charge in [0.2, 0.25) is 0 Å². The van der Waals surface area contributed by atoms with Crippen LogP contribution in [0.4, 0.5) is 0 Å². The van der Waals surface area contributed by atoms with Gasteiger partial charge in [-0.25, -0.2) is 4.79 Å². The molecule has 0 heterocycles. The second-order valence-electron chi connectivity index (χ2n) is 4.00. The van der Waals surface area contributed by atoms with Crippen LogP contribution in [0.5, 0.6) is 0 Å². The van der Waals surface area contributed by atoms with Crippen molar-refractivity contribution in [3.8, 4) is 0 Å². The number of hydrogen-bond acceptors (Lipinski definition) is 7. The van der Waals surface area contributed by atoms with E-state index in [-0.39, 0.29) is 13.2 Å². The first-order valence-corrected chi connectivity index (χ1v) is 7.30. The number of ether oxygens (including phenoxy) is 1. The van der Waals surface area contributed by atoms with Crippen molar-refractivity contribution in [2.75, 3.05) is 33.1 Å². The molecular weight excluding hydrogens is 286 g/mol. The van der Waals surface area contributed by atoms with Crippen molar-refractivity contribution in [3.05, 3.63) is 25.3 Å². The van der Waals surface area contributed by atoms with Crippen LogP contribution in [-0.2, 0) is 28.6 Å². The minimum Gasteiger partial charge on any atom is -0.460 e. The van der Waals surface area contributed by atoms with E-state index in [1.54, 1.807) is 14.1 Å². The SMILES string of the molecule is C=CC(=O)OCCOS(=O)(=O)CC(C(=O)C=C)N(C)C. The van der Waals surface area contributed by atoms with Crippen LogP contribution in [0.3, 0.4) is 0 Å². The summed E-state index contributed by atoms with van der Waals surface area (Å²) in [6.45, 7) is 5.98. The molecule has 0 fully saturated rings. The average Bonchev–Trinajstić information content (AvgIpc) is 2.39. The smallest absolute Gasteiger partial charge is 0.330 e. The molecule has 0 bridgehead atoms. The van der Waals surface area contributed by atoms with E-state index in [1.165, 1.54) is 4.90 Å². The molecule has 20 heavy (non-hydrogen) atoms. The second kappa shape index (κ2) is 8.62. The largest absolute Gasteiger partial charge is 0.460 e. The quantitative estimate of drug-likeness (QED) is 0.238. The van der Waals surface area contributed by atoms with E-state index in [0.717, 1.165) is 12.2 Å². The molecule has 114 valence electrons. The third-order valence-corrected chi connectivity index (χ3v) is 3.52. The van der Waals surface area contributed by atoms with Crippen LogP contribution in [0.1, 0.15) is 0 Å². The van der Waals surface area contributed by atoms with Crippen LogP contribution >= 0.6 is 0 Å². The summed E-state index contributed by atoms with van der Waals surface area (Å²) >= 11 is 0. The van der Waals surface area contributed by atoms with Crippen molar-refractivity contribution in [2.24, 2.45) is 0 Å². The monoisotopic (exact) mass is 305 g/mol. The number of likely N-dealkylation sites (N-methyl/N-ethyl adjacent to an activating group) is 1. The Morgan fingerprint density at radius 2 is 1.80 bits per heavy atom. The fourth-order valence-electron chi connectivity index (χ4n) is 1.23. The maximum atomic E-state index is 11.7. The molecule has 0 aliphatic carbocycles. The first-order valence-electron chi connectivity index (χ1n) is 5.72. The number of hydrogen-bond donors (Lipinski definition) is 0. The van der Waals surface area contributed by atoms with Gasteiger partial charge in [-0.2, -0.15) is 8.42 Å². The van der Waals surface area contributed by atoms with E-state index in [0.29, 0.717) is 0 Å². The summed E-state index contributed by atoms with van der Waals surface area (Å²) in [7, 11) is -0.759. The van der Waals surface area contributed by atoms with Crippen molar-refractivity contribution >= 4 is 21.9 Å². The van der Waals surface area contributed by atoms with Gasteiger partial charge in [0.05, 0.1) is 11.8 Å². The molecule has 0 rings (SSSR count). The van der Waals surface area contributed by atoms with Crippen LogP contribution < -0.4 is 0 Å².